The van der Waals surface area contributed by atoms with Gasteiger partial charge in [0.05, 0.1) is 23.4 Å². The van der Waals surface area contributed by atoms with Gasteiger partial charge in [0.2, 0.25) is 0 Å². The fraction of sp³-hybridized carbons (Fsp3) is 0.0476. The minimum absolute atomic E-state index is 0.0776. The van der Waals surface area contributed by atoms with Gasteiger partial charge in [-0.25, -0.2) is 0 Å². The van der Waals surface area contributed by atoms with Crippen molar-refractivity contribution in [1.29, 1.82) is 0 Å². The lowest BCUT2D eigenvalue weighted by atomic mass is 10.1. The Morgan fingerprint density at radius 1 is 1.00 bits per heavy atom. The van der Waals surface area contributed by atoms with E-state index in [-0.39, 0.29) is 22.8 Å². The van der Waals surface area contributed by atoms with Crippen LogP contribution in [-0.4, -0.2) is 11.8 Å². The molecular weight excluding hydrogens is 399 g/mol. The lowest BCUT2D eigenvalue weighted by Gasteiger charge is -2.11. The quantitative estimate of drug-likeness (QED) is 0.575. The van der Waals surface area contributed by atoms with Crippen molar-refractivity contribution in [2.45, 2.75) is 6.54 Å². The average molecular weight is 415 g/mol. The number of carbonyl (C=O) groups is 2. The minimum Gasteiger partial charge on any atom is -0.467 e. The Bertz CT molecular complexity index is 1000. The van der Waals surface area contributed by atoms with E-state index in [1.165, 1.54) is 18.4 Å². The van der Waals surface area contributed by atoms with Gasteiger partial charge in [0, 0.05) is 5.02 Å². The van der Waals surface area contributed by atoms with E-state index in [4.69, 9.17) is 27.6 Å². The zero-order chi connectivity index (χ0) is 19.9. The number of halogens is 2. The van der Waals surface area contributed by atoms with Crippen molar-refractivity contribution in [3.8, 4) is 0 Å². The summed E-state index contributed by atoms with van der Waals surface area (Å²) in [5.74, 6) is -0.379. The predicted molar refractivity (Wildman–Crippen MR) is 109 cm³/mol. The first-order valence-electron chi connectivity index (χ1n) is 8.36. The Kier molecular flexibility index (Phi) is 6.53. The minimum atomic E-state index is -0.517. The van der Waals surface area contributed by atoms with Crippen LogP contribution >= 0.6 is 23.2 Å². The average Bonchev–Trinajstić information content (AvgIpc) is 3.20. The van der Waals surface area contributed by atoms with Crippen molar-refractivity contribution < 1.29 is 14.0 Å². The van der Waals surface area contributed by atoms with E-state index in [0.717, 1.165) is 5.56 Å². The van der Waals surface area contributed by atoms with E-state index in [9.17, 15) is 9.59 Å². The lowest BCUT2D eigenvalue weighted by molar-refractivity contribution is -0.118. The smallest absolute Gasteiger partial charge is 0.268 e. The van der Waals surface area contributed by atoms with Gasteiger partial charge in [-0.05, 0) is 42.0 Å². The van der Waals surface area contributed by atoms with Crippen molar-refractivity contribution in [2.75, 3.05) is 0 Å². The van der Waals surface area contributed by atoms with Crippen LogP contribution in [0.25, 0.3) is 6.08 Å². The first-order chi connectivity index (χ1) is 13.5. The van der Waals surface area contributed by atoms with E-state index in [0.29, 0.717) is 10.8 Å². The van der Waals surface area contributed by atoms with Gasteiger partial charge in [0.1, 0.15) is 11.5 Å². The predicted octanol–water partition coefficient (Wildman–Crippen LogP) is 4.67. The molecule has 2 N–H and O–H groups in total. The first kappa shape index (κ1) is 19.7. The molecule has 1 aromatic heterocycles. The van der Waals surface area contributed by atoms with Crippen molar-refractivity contribution in [1.82, 2.24) is 10.6 Å². The molecule has 0 bridgehead atoms. The van der Waals surface area contributed by atoms with E-state index in [1.807, 2.05) is 30.3 Å². The highest BCUT2D eigenvalue weighted by molar-refractivity contribution is 6.36. The number of hydrogen-bond acceptors (Lipinski definition) is 3. The molecule has 0 fully saturated rings. The van der Waals surface area contributed by atoms with E-state index < -0.39 is 11.8 Å². The van der Waals surface area contributed by atoms with Crippen LogP contribution in [-0.2, 0) is 11.3 Å². The van der Waals surface area contributed by atoms with Gasteiger partial charge in [-0.15, -0.1) is 0 Å². The van der Waals surface area contributed by atoms with Gasteiger partial charge < -0.3 is 15.1 Å². The van der Waals surface area contributed by atoms with Crippen LogP contribution in [0.4, 0.5) is 0 Å². The van der Waals surface area contributed by atoms with Crippen LogP contribution in [0.3, 0.4) is 0 Å². The van der Waals surface area contributed by atoms with Crippen LogP contribution in [0, 0.1) is 0 Å². The molecule has 3 rings (SSSR count). The molecule has 7 heteroatoms. The maximum atomic E-state index is 12.7. The summed E-state index contributed by atoms with van der Waals surface area (Å²) in [6.07, 6.45) is 3.10. The van der Waals surface area contributed by atoms with Crippen LogP contribution in [0.1, 0.15) is 21.7 Å². The van der Waals surface area contributed by atoms with E-state index in [1.54, 1.807) is 24.3 Å². The van der Waals surface area contributed by atoms with Gasteiger partial charge in [-0.3, -0.25) is 9.59 Å². The zero-order valence-corrected chi connectivity index (χ0v) is 16.1. The summed E-state index contributed by atoms with van der Waals surface area (Å²) >= 11 is 12.0. The standard InChI is InChI=1S/C21H16Cl2N2O3/c22-15-8-9-17(18(23)12-15)20(26)25-19(11-14-5-2-1-3-6-14)21(27)24-13-16-7-4-10-28-16/h1-12H,13H2,(H,24,27)(H,25,26). The summed E-state index contributed by atoms with van der Waals surface area (Å²) in [7, 11) is 0. The molecule has 0 aliphatic carbocycles. The number of rotatable bonds is 6. The van der Waals surface area contributed by atoms with Crippen LogP contribution in [0.5, 0.6) is 0 Å². The van der Waals surface area contributed by atoms with Crippen LogP contribution in [0.15, 0.2) is 77.0 Å². The third kappa shape index (κ3) is 5.25. The molecule has 0 radical (unpaired) electrons. The molecule has 0 atom stereocenters. The second kappa shape index (κ2) is 9.26. The highest BCUT2D eigenvalue weighted by Gasteiger charge is 2.17. The molecule has 2 amide bonds. The summed E-state index contributed by atoms with van der Waals surface area (Å²) < 4.78 is 5.21. The molecule has 2 aromatic carbocycles. The Hall–Kier alpha value is -3.02. The highest BCUT2D eigenvalue weighted by atomic mass is 35.5. The number of nitrogens with one attached hydrogen (secondary N) is 2. The molecule has 0 saturated heterocycles. The largest absolute Gasteiger partial charge is 0.467 e. The molecule has 0 saturated carbocycles. The Labute approximate surface area is 172 Å². The highest BCUT2D eigenvalue weighted by Crippen LogP contribution is 2.21. The monoisotopic (exact) mass is 414 g/mol. The molecule has 142 valence electrons. The number of carbonyl (C=O) groups excluding carboxylic acids is 2. The first-order valence-corrected chi connectivity index (χ1v) is 9.12. The molecule has 3 aromatic rings. The third-order valence-corrected chi connectivity index (χ3v) is 4.33. The zero-order valence-electron chi connectivity index (χ0n) is 14.6. The molecule has 5 nitrogen and oxygen atoms in total. The number of hydrogen-bond donors (Lipinski definition) is 2. The van der Waals surface area contributed by atoms with Gasteiger partial charge in [-0.2, -0.15) is 0 Å². The van der Waals surface area contributed by atoms with Gasteiger partial charge >= 0.3 is 0 Å². The van der Waals surface area contributed by atoms with Crippen LogP contribution < -0.4 is 10.6 Å². The fourth-order valence-corrected chi connectivity index (χ4v) is 2.91. The molecular formula is C21H16Cl2N2O3. The molecule has 1 heterocycles. The fourth-order valence-electron chi connectivity index (χ4n) is 2.41. The maximum absolute atomic E-state index is 12.7. The Morgan fingerprint density at radius 3 is 2.46 bits per heavy atom. The summed E-state index contributed by atoms with van der Waals surface area (Å²) in [6.45, 7) is 0.190. The Balaban J connectivity index is 1.82. The summed E-state index contributed by atoms with van der Waals surface area (Å²) in [5, 5.41) is 5.95. The third-order valence-electron chi connectivity index (χ3n) is 3.78. The second-order valence-electron chi connectivity index (χ2n) is 5.81. The Morgan fingerprint density at radius 2 is 1.79 bits per heavy atom. The summed E-state index contributed by atoms with van der Waals surface area (Å²) in [6, 6.07) is 17.2. The number of benzene rings is 2. The summed E-state index contributed by atoms with van der Waals surface area (Å²) in [4.78, 5) is 25.3. The van der Waals surface area contributed by atoms with E-state index >= 15 is 0 Å². The maximum Gasteiger partial charge on any atom is 0.268 e. The van der Waals surface area contributed by atoms with Crippen molar-refractivity contribution in [3.63, 3.8) is 0 Å². The molecule has 0 spiro atoms. The molecule has 28 heavy (non-hydrogen) atoms. The molecule has 0 aliphatic rings. The van der Waals surface area contributed by atoms with Gasteiger partial charge in [0.25, 0.3) is 11.8 Å². The number of amides is 2. The van der Waals surface area contributed by atoms with Gasteiger partial charge in [0.15, 0.2) is 0 Å². The second-order valence-corrected chi connectivity index (χ2v) is 6.65. The van der Waals surface area contributed by atoms with Crippen molar-refractivity contribution in [2.24, 2.45) is 0 Å². The van der Waals surface area contributed by atoms with Crippen LogP contribution in [0.2, 0.25) is 10.0 Å². The lowest BCUT2D eigenvalue weighted by Crippen LogP contribution is -2.34. The van der Waals surface area contributed by atoms with Crippen molar-refractivity contribution >= 4 is 41.1 Å². The SMILES string of the molecule is O=C(NCc1ccco1)C(=Cc1ccccc1)NC(=O)c1ccc(Cl)cc1Cl. The van der Waals surface area contributed by atoms with Crippen molar-refractivity contribution in [3.05, 3.63) is 99.6 Å². The number of furan rings is 1. The topological polar surface area (TPSA) is 71.3 Å². The molecule has 0 aliphatic heterocycles. The van der Waals surface area contributed by atoms with E-state index in [2.05, 4.69) is 10.6 Å². The summed E-state index contributed by atoms with van der Waals surface area (Å²) in [5.41, 5.74) is 1.05. The molecule has 0 unspecified atom stereocenters. The normalized spacial score (nSPS) is 11.1. The van der Waals surface area contributed by atoms with Gasteiger partial charge in [-0.1, -0.05) is 53.5 Å².